The van der Waals surface area contributed by atoms with Crippen LogP contribution < -0.4 is 10.1 Å². The molecule has 2 aromatic carbocycles. The zero-order valence-corrected chi connectivity index (χ0v) is 20.9. The molecule has 0 spiro atoms. The summed E-state index contributed by atoms with van der Waals surface area (Å²) >= 11 is 6.25. The van der Waals surface area contributed by atoms with Crippen LogP contribution in [0.15, 0.2) is 36.4 Å². The minimum Gasteiger partial charge on any atom is -0.484 e. The van der Waals surface area contributed by atoms with Crippen molar-refractivity contribution in [3.63, 3.8) is 0 Å². The van der Waals surface area contributed by atoms with Crippen molar-refractivity contribution in [1.29, 1.82) is 0 Å². The molecule has 6 heteroatoms. The molecule has 0 aromatic heterocycles. The van der Waals surface area contributed by atoms with Gasteiger partial charge >= 0.3 is 0 Å². The number of carbonyl (C=O) groups excluding carboxylic acids is 2. The second kappa shape index (κ2) is 11.6. The number of hydrogen-bond donors (Lipinski definition) is 1. The van der Waals surface area contributed by atoms with E-state index in [2.05, 4.69) is 5.32 Å². The molecule has 1 aliphatic rings. The summed E-state index contributed by atoms with van der Waals surface area (Å²) in [5.74, 6) is 0.255. The molecule has 0 heterocycles. The fraction of sp³-hybridized carbons (Fsp3) is 0.481. The molecule has 33 heavy (non-hydrogen) atoms. The van der Waals surface area contributed by atoms with E-state index >= 15 is 0 Å². The normalized spacial score (nSPS) is 15.1. The Morgan fingerprint density at radius 3 is 2.27 bits per heavy atom. The van der Waals surface area contributed by atoms with Crippen LogP contribution in [0.4, 0.5) is 0 Å². The van der Waals surface area contributed by atoms with Gasteiger partial charge in [0, 0.05) is 17.6 Å². The molecule has 0 saturated heterocycles. The molecule has 3 rings (SSSR count). The third-order valence-electron chi connectivity index (χ3n) is 6.36. The van der Waals surface area contributed by atoms with Crippen molar-refractivity contribution in [2.45, 2.75) is 78.4 Å². The molecule has 0 bridgehead atoms. The van der Waals surface area contributed by atoms with E-state index in [4.69, 9.17) is 16.3 Å². The van der Waals surface area contributed by atoms with Crippen molar-refractivity contribution in [1.82, 2.24) is 10.2 Å². The second-order valence-electron chi connectivity index (χ2n) is 9.19. The molecule has 0 radical (unpaired) electrons. The number of aryl methyl sites for hydroxylation is 3. The van der Waals surface area contributed by atoms with Crippen LogP contribution in [0, 0.1) is 20.8 Å². The van der Waals surface area contributed by atoms with Crippen LogP contribution in [0.5, 0.6) is 5.75 Å². The third kappa shape index (κ3) is 6.97. The zero-order valence-electron chi connectivity index (χ0n) is 20.1. The van der Waals surface area contributed by atoms with Crippen molar-refractivity contribution in [2.24, 2.45) is 0 Å². The Labute approximate surface area is 202 Å². The van der Waals surface area contributed by atoms with Gasteiger partial charge in [-0.15, -0.1) is 0 Å². The summed E-state index contributed by atoms with van der Waals surface area (Å²) in [5, 5.41) is 3.85. The second-order valence-corrected chi connectivity index (χ2v) is 9.56. The Hall–Kier alpha value is -2.53. The van der Waals surface area contributed by atoms with Crippen molar-refractivity contribution in [3.05, 3.63) is 63.7 Å². The summed E-state index contributed by atoms with van der Waals surface area (Å²) < 4.78 is 5.82. The lowest BCUT2D eigenvalue weighted by Crippen LogP contribution is -2.51. The first-order chi connectivity index (χ1) is 15.7. The molecular weight excluding hydrogens is 436 g/mol. The van der Waals surface area contributed by atoms with E-state index < -0.39 is 6.04 Å². The van der Waals surface area contributed by atoms with Crippen LogP contribution in [0.3, 0.4) is 0 Å². The molecule has 1 aliphatic carbocycles. The molecule has 1 atom stereocenters. The van der Waals surface area contributed by atoms with Gasteiger partial charge in [0.05, 0.1) is 0 Å². The van der Waals surface area contributed by atoms with Crippen LogP contribution in [0.2, 0.25) is 5.02 Å². The molecule has 5 nitrogen and oxygen atoms in total. The number of ether oxygens (including phenoxy) is 1. The van der Waals surface area contributed by atoms with E-state index in [0.717, 1.165) is 47.9 Å². The number of nitrogens with zero attached hydrogens (tertiary/aromatic N) is 1. The first-order valence-electron chi connectivity index (χ1n) is 11.8. The predicted octanol–water partition coefficient (Wildman–Crippen LogP) is 5.51. The average Bonchev–Trinajstić information content (AvgIpc) is 2.80. The highest BCUT2D eigenvalue weighted by Crippen LogP contribution is 2.26. The summed E-state index contributed by atoms with van der Waals surface area (Å²) in [4.78, 5) is 27.9. The summed E-state index contributed by atoms with van der Waals surface area (Å²) in [6.45, 7) is 7.84. The fourth-order valence-corrected chi connectivity index (χ4v) is 4.37. The van der Waals surface area contributed by atoms with Crippen LogP contribution >= 0.6 is 11.6 Å². The number of nitrogens with one attached hydrogen (secondary N) is 1. The van der Waals surface area contributed by atoms with E-state index in [0.29, 0.717) is 17.3 Å². The molecule has 1 N–H and O–H groups in total. The molecule has 1 saturated carbocycles. The van der Waals surface area contributed by atoms with E-state index in [-0.39, 0.29) is 24.5 Å². The quantitative estimate of drug-likeness (QED) is 0.553. The van der Waals surface area contributed by atoms with Gasteiger partial charge in [0.1, 0.15) is 11.8 Å². The summed E-state index contributed by atoms with van der Waals surface area (Å²) in [7, 11) is 0. The maximum absolute atomic E-state index is 13.3. The van der Waals surface area contributed by atoms with Gasteiger partial charge in [-0.3, -0.25) is 9.59 Å². The SMILES string of the molecule is Cc1ccc(CN(C(=O)COc2cc(C)c(Cl)c(C)c2)[C@@H](C)C(=O)NC2CCCCC2)cc1. The van der Waals surface area contributed by atoms with Gasteiger partial charge in [0.2, 0.25) is 5.91 Å². The van der Waals surface area contributed by atoms with Crippen molar-refractivity contribution >= 4 is 23.4 Å². The van der Waals surface area contributed by atoms with Crippen LogP contribution in [-0.4, -0.2) is 35.4 Å². The molecule has 178 valence electrons. The Morgan fingerprint density at radius 1 is 1.06 bits per heavy atom. The molecule has 0 aliphatic heterocycles. The molecule has 1 fully saturated rings. The van der Waals surface area contributed by atoms with Gasteiger partial charge < -0.3 is 15.0 Å². The van der Waals surface area contributed by atoms with Crippen molar-refractivity contribution in [3.8, 4) is 5.75 Å². The lowest BCUT2D eigenvalue weighted by Gasteiger charge is -2.31. The Morgan fingerprint density at radius 2 is 1.67 bits per heavy atom. The minimum atomic E-state index is -0.599. The fourth-order valence-electron chi connectivity index (χ4n) is 4.26. The van der Waals surface area contributed by atoms with Gasteiger partial charge in [0.15, 0.2) is 6.61 Å². The first-order valence-corrected chi connectivity index (χ1v) is 12.2. The lowest BCUT2D eigenvalue weighted by molar-refractivity contribution is -0.142. The van der Waals surface area contributed by atoms with E-state index in [1.54, 1.807) is 11.8 Å². The van der Waals surface area contributed by atoms with Gasteiger partial charge in [-0.05, 0) is 69.4 Å². The van der Waals surface area contributed by atoms with E-state index in [9.17, 15) is 9.59 Å². The van der Waals surface area contributed by atoms with Crippen molar-refractivity contribution < 1.29 is 14.3 Å². The van der Waals surface area contributed by atoms with Gasteiger partial charge in [-0.25, -0.2) is 0 Å². The van der Waals surface area contributed by atoms with Gasteiger partial charge in [0.25, 0.3) is 5.91 Å². The van der Waals surface area contributed by atoms with Crippen LogP contribution in [0.1, 0.15) is 61.3 Å². The Kier molecular flexibility index (Phi) is 8.79. The standard InChI is InChI=1S/C27H35ClN2O3/c1-18-10-12-22(13-11-18)16-30(21(4)27(32)29-23-8-6-5-7-9-23)25(31)17-33-24-14-19(2)26(28)20(3)15-24/h10-15,21,23H,5-9,16-17H2,1-4H3,(H,29,32)/t21-/m0/s1. The number of halogens is 1. The summed E-state index contributed by atoms with van der Waals surface area (Å²) in [6, 6.07) is 11.3. The first kappa shape index (κ1) is 25.1. The number of carbonyl (C=O) groups is 2. The summed E-state index contributed by atoms with van der Waals surface area (Å²) in [5.41, 5.74) is 3.92. The van der Waals surface area contributed by atoms with Gasteiger partial charge in [-0.2, -0.15) is 0 Å². The van der Waals surface area contributed by atoms with E-state index in [1.807, 2.05) is 57.2 Å². The largest absolute Gasteiger partial charge is 0.484 e. The van der Waals surface area contributed by atoms with Crippen molar-refractivity contribution in [2.75, 3.05) is 6.61 Å². The zero-order chi connectivity index (χ0) is 24.0. The highest BCUT2D eigenvalue weighted by Gasteiger charge is 2.28. The predicted molar refractivity (Wildman–Crippen MR) is 133 cm³/mol. The molecular formula is C27H35ClN2O3. The average molecular weight is 471 g/mol. The van der Waals surface area contributed by atoms with Gasteiger partial charge in [-0.1, -0.05) is 60.7 Å². The van der Waals surface area contributed by atoms with E-state index in [1.165, 1.54) is 6.42 Å². The summed E-state index contributed by atoms with van der Waals surface area (Å²) in [6.07, 6.45) is 5.50. The highest BCUT2D eigenvalue weighted by atomic mass is 35.5. The Bertz CT molecular complexity index is 945. The minimum absolute atomic E-state index is 0.111. The highest BCUT2D eigenvalue weighted by molar-refractivity contribution is 6.32. The number of benzene rings is 2. The maximum Gasteiger partial charge on any atom is 0.261 e. The smallest absolute Gasteiger partial charge is 0.261 e. The number of hydrogen-bond acceptors (Lipinski definition) is 3. The van der Waals surface area contributed by atoms with Crippen LogP contribution in [-0.2, 0) is 16.1 Å². The number of amides is 2. The molecule has 0 unspecified atom stereocenters. The maximum atomic E-state index is 13.3. The lowest BCUT2D eigenvalue weighted by atomic mass is 9.95. The Balaban J connectivity index is 1.72. The van der Waals surface area contributed by atoms with Crippen LogP contribution in [0.25, 0.3) is 0 Å². The number of rotatable bonds is 8. The molecule has 2 amide bonds. The molecule has 2 aromatic rings. The third-order valence-corrected chi connectivity index (χ3v) is 6.96. The topological polar surface area (TPSA) is 58.6 Å². The monoisotopic (exact) mass is 470 g/mol.